The van der Waals surface area contributed by atoms with Gasteiger partial charge >= 0.3 is 0 Å². The van der Waals surface area contributed by atoms with Crippen molar-refractivity contribution in [2.75, 3.05) is 13.1 Å². The predicted octanol–water partition coefficient (Wildman–Crippen LogP) is 1.76. The van der Waals surface area contributed by atoms with E-state index in [9.17, 15) is 5.11 Å². The first-order chi connectivity index (χ1) is 8.74. The lowest BCUT2D eigenvalue weighted by Gasteiger charge is -2.17. The van der Waals surface area contributed by atoms with E-state index in [1.54, 1.807) is 0 Å². The maximum Gasteiger partial charge on any atom is 0.140 e. The fraction of sp³-hybridized carbons (Fsp3) is 0.786. The van der Waals surface area contributed by atoms with E-state index in [1.807, 2.05) is 6.92 Å². The Morgan fingerprint density at radius 2 is 2.28 bits per heavy atom. The van der Waals surface area contributed by atoms with Gasteiger partial charge in [-0.15, -0.1) is 0 Å². The Kier molecular flexibility index (Phi) is 3.39. The van der Waals surface area contributed by atoms with Crippen LogP contribution in [0.3, 0.4) is 0 Å². The first kappa shape index (κ1) is 12.2. The number of aryl methyl sites for hydroxylation is 1. The van der Waals surface area contributed by atoms with Gasteiger partial charge in [-0.25, -0.2) is 0 Å². The molecule has 0 amide bonds. The standard InChI is InChI=1S/C14H22N2O2/c1-10(17)11-6-7-16(8-11)9-13-12-4-2-3-5-14(12)18-15-13/h10-11,17H,2-9H2,1H3. The summed E-state index contributed by atoms with van der Waals surface area (Å²) in [7, 11) is 0. The third-order valence-electron chi connectivity index (χ3n) is 4.40. The Hall–Kier alpha value is -0.870. The summed E-state index contributed by atoms with van der Waals surface area (Å²) >= 11 is 0. The van der Waals surface area contributed by atoms with Crippen molar-refractivity contribution in [3.8, 4) is 0 Å². The molecule has 1 aliphatic heterocycles. The summed E-state index contributed by atoms with van der Waals surface area (Å²) in [5, 5.41) is 13.9. The van der Waals surface area contributed by atoms with Crippen LogP contribution >= 0.6 is 0 Å². The third kappa shape index (κ3) is 2.31. The molecule has 2 aliphatic rings. The Labute approximate surface area is 108 Å². The van der Waals surface area contributed by atoms with Gasteiger partial charge in [0.15, 0.2) is 0 Å². The van der Waals surface area contributed by atoms with E-state index < -0.39 is 0 Å². The van der Waals surface area contributed by atoms with Crippen LogP contribution in [-0.4, -0.2) is 34.4 Å². The normalized spacial score (nSPS) is 26.2. The molecule has 18 heavy (non-hydrogen) atoms. The van der Waals surface area contributed by atoms with Gasteiger partial charge < -0.3 is 9.63 Å². The second kappa shape index (κ2) is 5.02. The van der Waals surface area contributed by atoms with Gasteiger partial charge in [-0.3, -0.25) is 4.90 Å². The number of aliphatic hydroxyl groups excluding tert-OH is 1. The quantitative estimate of drug-likeness (QED) is 0.888. The molecular weight excluding hydrogens is 228 g/mol. The van der Waals surface area contributed by atoms with Crippen molar-refractivity contribution >= 4 is 0 Å². The summed E-state index contributed by atoms with van der Waals surface area (Å²) in [5.41, 5.74) is 2.50. The predicted molar refractivity (Wildman–Crippen MR) is 68.2 cm³/mol. The van der Waals surface area contributed by atoms with Gasteiger partial charge in [0.2, 0.25) is 0 Å². The van der Waals surface area contributed by atoms with E-state index in [1.165, 1.54) is 18.4 Å². The van der Waals surface area contributed by atoms with E-state index in [0.717, 1.165) is 50.4 Å². The van der Waals surface area contributed by atoms with Crippen molar-refractivity contribution < 1.29 is 9.63 Å². The molecule has 0 bridgehead atoms. The van der Waals surface area contributed by atoms with Crippen molar-refractivity contribution in [3.63, 3.8) is 0 Å². The topological polar surface area (TPSA) is 49.5 Å². The third-order valence-corrected chi connectivity index (χ3v) is 4.40. The summed E-state index contributed by atoms with van der Waals surface area (Å²) in [6.07, 6.45) is 5.58. The zero-order valence-electron chi connectivity index (χ0n) is 11.1. The van der Waals surface area contributed by atoms with Crippen LogP contribution in [0.1, 0.15) is 43.2 Å². The number of nitrogens with zero attached hydrogens (tertiary/aromatic N) is 2. The summed E-state index contributed by atoms with van der Waals surface area (Å²) < 4.78 is 5.45. The molecular formula is C14H22N2O2. The maximum atomic E-state index is 9.63. The van der Waals surface area contributed by atoms with Crippen LogP contribution in [0, 0.1) is 5.92 Å². The molecule has 1 aromatic heterocycles. The number of hydrogen-bond donors (Lipinski definition) is 1. The number of aliphatic hydroxyl groups is 1. The number of likely N-dealkylation sites (tertiary alicyclic amines) is 1. The van der Waals surface area contributed by atoms with Crippen molar-refractivity contribution in [1.29, 1.82) is 0 Å². The molecule has 3 rings (SSSR count). The van der Waals surface area contributed by atoms with Gasteiger partial charge in [-0.05, 0) is 45.1 Å². The Balaban J connectivity index is 1.65. The van der Waals surface area contributed by atoms with E-state index in [-0.39, 0.29) is 6.10 Å². The second-order valence-corrected chi connectivity index (χ2v) is 5.76. The van der Waals surface area contributed by atoms with Crippen molar-refractivity contribution in [2.24, 2.45) is 5.92 Å². The van der Waals surface area contributed by atoms with E-state index >= 15 is 0 Å². The monoisotopic (exact) mass is 250 g/mol. The largest absolute Gasteiger partial charge is 0.393 e. The van der Waals surface area contributed by atoms with E-state index in [4.69, 9.17) is 4.52 Å². The maximum absolute atomic E-state index is 9.63. The number of aromatic nitrogens is 1. The Bertz CT molecular complexity index is 414. The molecule has 0 saturated carbocycles. The van der Waals surface area contributed by atoms with Crippen molar-refractivity contribution in [3.05, 3.63) is 17.0 Å². The molecule has 0 radical (unpaired) electrons. The van der Waals surface area contributed by atoms with Gasteiger partial charge in [-0.2, -0.15) is 0 Å². The lowest BCUT2D eigenvalue weighted by molar-refractivity contribution is 0.127. The van der Waals surface area contributed by atoms with Crippen molar-refractivity contribution in [1.82, 2.24) is 10.1 Å². The van der Waals surface area contributed by atoms with Crippen LogP contribution in [-0.2, 0) is 19.4 Å². The molecule has 2 unspecified atom stereocenters. The van der Waals surface area contributed by atoms with Gasteiger partial charge in [0.1, 0.15) is 11.5 Å². The molecule has 1 saturated heterocycles. The Morgan fingerprint density at radius 1 is 1.44 bits per heavy atom. The molecule has 2 atom stereocenters. The average molecular weight is 250 g/mol. The summed E-state index contributed by atoms with van der Waals surface area (Å²) in [4.78, 5) is 2.39. The molecule has 4 heteroatoms. The van der Waals surface area contributed by atoms with Gasteiger partial charge in [-0.1, -0.05) is 5.16 Å². The Morgan fingerprint density at radius 3 is 3.06 bits per heavy atom. The van der Waals surface area contributed by atoms with Crippen LogP contribution in [0.25, 0.3) is 0 Å². The number of hydrogen-bond acceptors (Lipinski definition) is 4. The fourth-order valence-electron chi connectivity index (χ4n) is 3.18. The van der Waals surface area contributed by atoms with Gasteiger partial charge in [0, 0.05) is 25.1 Å². The highest BCUT2D eigenvalue weighted by Gasteiger charge is 2.28. The summed E-state index contributed by atoms with van der Waals surface area (Å²) in [6.45, 7) is 4.84. The minimum atomic E-state index is -0.193. The SMILES string of the molecule is CC(O)C1CCN(Cc2noc3c2CCCC3)C1. The molecule has 100 valence electrons. The van der Waals surface area contributed by atoms with Crippen LogP contribution < -0.4 is 0 Å². The van der Waals surface area contributed by atoms with Gasteiger partial charge in [0.05, 0.1) is 6.10 Å². The van der Waals surface area contributed by atoms with Crippen LogP contribution in [0.5, 0.6) is 0 Å². The molecule has 4 nitrogen and oxygen atoms in total. The molecule has 1 fully saturated rings. The first-order valence-electron chi connectivity index (χ1n) is 7.11. The lowest BCUT2D eigenvalue weighted by atomic mass is 9.96. The summed E-state index contributed by atoms with van der Waals surface area (Å²) in [6, 6.07) is 0. The molecule has 0 spiro atoms. The average Bonchev–Trinajstić information content (AvgIpc) is 2.98. The van der Waals surface area contributed by atoms with E-state index in [0.29, 0.717) is 5.92 Å². The van der Waals surface area contributed by atoms with Crippen LogP contribution in [0.15, 0.2) is 4.52 Å². The van der Waals surface area contributed by atoms with E-state index in [2.05, 4.69) is 10.1 Å². The highest BCUT2D eigenvalue weighted by molar-refractivity contribution is 5.25. The fourth-order valence-corrected chi connectivity index (χ4v) is 3.18. The zero-order valence-corrected chi connectivity index (χ0v) is 11.1. The first-order valence-corrected chi connectivity index (χ1v) is 7.11. The van der Waals surface area contributed by atoms with Crippen molar-refractivity contribution in [2.45, 2.75) is 51.7 Å². The zero-order chi connectivity index (χ0) is 12.5. The highest BCUT2D eigenvalue weighted by Crippen LogP contribution is 2.27. The lowest BCUT2D eigenvalue weighted by Crippen LogP contribution is -2.24. The van der Waals surface area contributed by atoms with Crippen LogP contribution in [0.4, 0.5) is 0 Å². The van der Waals surface area contributed by atoms with Crippen LogP contribution in [0.2, 0.25) is 0 Å². The smallest absolute Gasteiger partial charge is 0.140 e. The minimum Gasteiger partial charge on any atom is -0.393 e. The second-order valence-electron chi connectivity index (χ2n) is 5.76. The minimum absolute atomic E-state index is 0.193. The van der Waals surface area contributed by atoms with Gasteiger partial charge in [0.25, 0.3) is 0 Å². The summed E-state index contributed by atoms with van der Waals surface area (Å²) in [5.74, 6) is 1.54. The molecule has 2 heterocycles. The number of rotatable bonds is 3. The molecule has 1 aliphatic carbocycles. The molecule has 0 aromatic carbocycles. The number of fused-ring (bicyclic) bond motifs is 1. The molecule has 1 aromatic rings. The highest BCUT2D eigenvalue weighted by atomic mass is 16.5. The molecule has 1 N–H and O–H groups in total.